The molecule has 6 atom stereocenters. The van der Waals surface area contributed by atoms with Crippen LogP contribution in [0.5, 0.6) is 0 Å². The van der Waals surface area contributed by atoms with Crippen molar-refractivity contribution in [3.05, 3.63) is 11.0 Å². The fraction of sp³-hybridized carbons (Fsp3) is 0.811. The Labute approximate surface area is 329 Å². The van der Waals surface area contributed by atoms with E-state index >= 15 is 0 Å². The lowest BCUT2D eigenvalue weighted by molar-refractivity contribution is -0.161. The molecule has 2 aromatic heterocycles. The number of hydrogen-bond donors (Lipinski definition) is 5. The molecule has 55 heavy (non-hydrogen) atoms. The van der Waals surface area contributed by atoms with E-state index in [4.69, 9.17) is 41.2 Å². The summed E-state index contributed by atoms with van der Waals surface area (Å²) in [5.74, 6) is -0.989. The van der Waals surface area contributed by atoms with E-state index in [-0.39, 0.29) is 30.0 Å². The first-order chi connectivity index (χ1) is 26.5. The quantitative estimate of drug-likeness (QED) is 0.0229. The van der Waals surface area contributed by atoms with Gasteiger partial charge in [-0.25, -0.2) is 14.5 Å². The smallest absolute Gasteiger partial charge is 0.462 e. The Morgan fingerprint density at radius 2 is 1.42 bits per heavy atom. The zero-order chi connectivity index (χ0) is 40.1. The molecule has 0 saturated carbocycles. The zero-order valence-corrected chi connectivity index (χ0v) is 34.3. The molecule has 1 unspecified atom stereocenters. The van der Waals surface area contributed by atoms with E-state index in [0.717, 1.165) is 38.5 Å². The first-order valence-electron chi connectivity index (χ1n) is 20.2. The summed E-state index contributed by atoms with van der Waals surface area (Å²) in [4.78, 5) is 46.6. The average molecular weight is 818 g/mol. The second-order valence-electron chi connectivity index (χ2n) is 14.3. The summed E-state index contributed by atoms with van der Waals surface area (Å²) in [6.07, 6.45) is 14.7. The molecule has 18 heteroatoms. The molecule has 6 N–H and O–H groups in total. The van der Waals surface area contributed by atoms with Gasteiger partial charge in [-0.15, -0.1) is 0 Å². The molecule has 0 spiro atoms. The highest BCUT2D eigenvalue weighted by molar-refractivity contribution is 7.71. The highest BCUT2D eigenvalue weighted by Crippen LogP contribution is 2.44. The minimum Gasteiger partial charge on any atom is -0.462 e. The molecule has 0 bridgehead atoms. The van der Waals surface area contributed by atoms with E-state index in [9.17, 15) is 29.3 Å². The van der Waals surface area contributed by atoms with Crippen LogP contribution in [0.3, 0.4) is 0 Å². The molecule has 1 aliphatic heterocycles. The van der Waals surface area contributed by atoms with E-state index in [0.29, 0.717) is 24.0 Å². The average Bonchev–Trinajstić information content (AvgIpc) is 3.69. The predicted octanol–water partition coefficient (Wildman–Crippen LogP) is 7.12. The summed E-state index contributed by atoms with van der Waals surface area (Å²) >= 11 is 5.19. The molecule has 0 aromatic carbocycles. The van der Waals surface area contributed by atoms with Crippen molar-refractivity contribution in [1.29, 1.82) is 0 Å². The van der Waals surface area contributed by atoms with Gasteiger partial charge >= 0.3 is 19.8 Å². The molecule has 314 valence electrons. The minimum atomic E-state index is -4.82. The fourth-order valence-electron chi connectivity index (χ4n) is 6.40. The van der Waals surface area contributed by atoms with Crippen molar-refractivity contribution in [2.45, 2.75) is 173 Å². The Balaban J connectivity index is 1.48. The van der Waals surface area contributed by atoms with Crippen LogP contribution >= 0.6 is 20.0 Å². The number of phosphoric ester groups is 1. The Bertz CT molecular complexity index is 1530. The molecule has 3 heterocycles. The van der Waals surface area contributed by atoms with E-state index in [1.54, 1.807) is 0 Å². The van der Waals surface area contributed by atoms with Crippen LogP contribution < -0.4 is 5.73 Å². The van der Waals surface area contributed by atoms with Gasteiger partial charge in [-0.3, -0.25) is 23.2 Å². The van der Waals surface area contributed by atoms with Gasteiger partial charge in [0.2, 0.25) is 0 Å². The number of nitrogens with zero attached hydrogens (tertiary/aromatic N) is 3. The number of anilines is 1. The van der Waals surface area contributed by atoms with Crippen LogP contribution in [0.4, 0.5) is 5.95 Å². The largest absolute Gasteiger partial charge is 0.472 e. The number of aliphatic hydroxyl groups excluding tert-OH is 2. The number of aliphatic hydroxyl groups is 2. The molecular formula is C37H64N5O11PS. The van der Waals surface area contributed by atoms with Gasteiger partial charge in [-0.2, -0.15) is 0 Å². The summed E-state index contributed by atoms with van der Waals surface area (Å²) < 4.78 is 41.4. The summed E-state index contributed by atoms with van der Waals surface area (Å²) in [6, 6.07) is 0. The van der Waals surface area contributed by atoms with Crippen molar-refractivity contribution in [1.82, 2.24) is 19.5 Å². The third-order valence-corrected chi connectivity index (χ3v) is 10.8. The topological polar surface area (TPSA) is 231 Å². The third kappa shape index (κ3) is 17.3. The predicted molar refractivity (Wildman–Crippen MR) is 209 cm³/mol. The summed E-state index contributed by atoms with van der Waals surface area (Å²) in [6.45, 7) is 2.77. The van der Waals surface area contributed by atoms with Crippen LogP contribution in [0.1, 0.15) is 148 Å². The van der Waals surface area contributed by atoms with Gasteiger partial charge in [0.15, 0.2) is 22.9 Å². The van der Waals surface area contributed by atoms with E-state index in [1.165, 1.54) is 75.1 Å². The minimum absolute atomic E-state index is 0.00610. The van der Waals surface area contributed by atoms with Crippen molar-refractivity contribution in [3.8, 4) is 0 Å². The van der Waals surface area contributed by atoms with E-state index < -0.39 is 63.6 Å². The maximum atomic E-state index is 12.9. The van der Waals surface area contributed by atoms with Gasteiger partial charge in [-0.05, 0) is 12.8 Å². The van der Waals surface area contributed by atoms with Crippen molar-refractivity contribution in [2.24, 2.45) is 0 Å². The zero-order valence-electron chi connectivity index (χ0n) is 32.6. The van der Waals surface area contributed by atoms with Crippen molar-refractivity contribution >= 4 is 49.1 Å². The molecule has 1 fully saturated rings. The normalized spacial score (nSPS) is 20.1. The molecule has 3 rings (SSSR count). The number of rotatable bonds is 30. The number of carbonyl (C=O) groups excluding carboxylic acids is 2. The first-order valence-corrected chi connectivity index (χ1v) is 22.1. The number of aromatic nitrogens is 4. The number of imidazole rings is 1. The van der Waals surface area contributed by atoms with Gasteiger partial charge in [-0.1, -0.05) is 129 Å². The van der Waals surface area contributed by atoms with Crippen LogP contribution in [0.15, 0.2) is 6.33 Å². The fourth-order valence-corrected chi connectivity index (χ4v) is 7.42. The molecule has 0 aliphatic carbocycles. The molecule has 1 aliphatic rings. The van der Waals surface area contributed by atoms with Crippen LogP contribution in [0.2, 0.25) is 0 Å². The van der Waals surface area contributed by atoms with Crippen molar-refractivity contribution in [2.75, 3.05) is 25.6 Å². The third-order valence-electron chi connectivity index (χ3n) is 9.60. The monoisotopic (exact) mass is 817 g/mol. The van der Waals surface area contributed by atoms with Crippen molar-refractivity contribution in [3.63, 3.8) is 0 Å². The molecular weight excluding hydrogens is 753 g/mol. The van der Waals surface area contributed by atoms with Crippen molar-refractivity contribution < 1.29 is 52.5 Å². The second kappa shape index (κ2) is 25.7. The van der Waals surface area contributed by atoms with Gasteiger partial charge in [0.25, 0.3) is 0 Å². The van der Waals surface area contributed by atoms with Gasteiger partial charge in [0.1, 0.15) is 36.1 Å². The maximum absolute atomic E-state index is 12.9. The lowest BCUT2D eigenvalue weighted by atomic mass is 10.1. The number of unbranched alkanes of at least 4 members (excludes halogenated alkanes) is 16. The van der Waals surface area contributed by atoms with Crippen LogP contribution in [0, 0.1) is 4.64 Å². The highest BCUT2D eigenvalue weighted by Gasteiger charge is 2.45. The van der Waals surface area contributed by atoms with Crippen LogP contribution in [0.25, 0.3) is 11.2 Å². The first kappa shape index (κ1) is 46.9. The molecule has 0 amide bonds. The lowest BCUT2D eigenvalue weighted by Crippen LogP contribution is -2.34. The lowest BCUT2D eigenvalue weighted by Gasteiger charge is -2.21. The number of hydrogen-bond acceptors (Lipinski definition) is 14. The Morgan fingerprint density at radius 3 is 2.00 bits per heavy atom. The second-order valence-corrected chi connectivity index (χ2v) is 16.2. The number of phosphoric acid groups is 1. The number of nitrogen functional groups attached to an aromatic ring is 1. The maximum Gasteiger partial charge on any atom is 0.472 e. The molecule has 1 saturated heterocycles. The van der Waals surface area contributed by atoms with Gasteiger partial charge in [0, 0.05) is 12.8 Å². The van der Waals surface area contributed by atoms with Gasteiger partial charge < -0.3 is 40.0 Å². The summed E-state index contributed by atoms with van der Waals surface area (Å²) in [7, 11) is -4.82. The number of H-pyrrole nitrogens is 1. The summed E-state index contributed by atoms with van der Waals surface area (Å²) in [5.41, 5.74) is 6.36. The van der Waals surface area contributed by atoms with Gasteiger partial charge in [0.05, 0.1) is 19.5 Å². The van der Waals surface area contributed by atoms with Crippen LogP contribution in [-0.2, 0) is 37.4 Å². The highest BCUT2D eigenvalue weighted by atomic mass is 32.1. The number of nitrogens with one attached hydrogen (secondary N) is 1. The summed E-state index contributed by atoms with van der Waals surface area (Å²) in [5, 5.41) is 21.4. The Hall–Kier alpha value is -2.50. The standard InChI is InChI=1S/C37H64N5O11PS/c1-3-5-7-9-11-13-15-17-19-21-29(43)49-23-27(52-30(44)22-20-18-16-14-12-10-8-6-4-2)24-50-54(47,48)51-25-28-32(45)33(46)36(53-28)42-26-39-31-34(42)40-37(38)41-35(31)55/h26-28,32-33,36,45-46H,3-25H2,1-2H3,(H,47,48)(H3,38,40,41,55)/t27-,28-,32-,33-,36-/m1/s1. The number of ether oxygens (including phenoxy) is 3. The molecule has 16 nitrogen and oxygen atoms in total. The van der Waals surface area contributed by atoms with Crippen LogP contribution in [-0.4, -0.2) is 90.8 Å². The number of carbonyl (C=O) groups is 2. The van der Waals surface area contributed by atoms with E-state index in [2.05, 4.69) is 28.8 Å². The number of aromatic amines is 1. The SMILES string of the molecule is CCCCCCCCCCCC(=O)OC[C@H](COP(=O)(O)OC[C@H]1O[C@@H](n2cnc3c(=S)nc(N)[nH]c32)[C@H](O)[C@@H]1O)OC(=O)CCCCCCCCCCC. The number of nitrogens with two attached hydrogens (primary N) is 1. The molecule has 2 aromatic rings. The number of fused-ring (bicyclic) bond motifs is 1. The molecule has 0 radical (unpaired) electrons. The Kier molecular flexibility index (Phi) is 21.9. The Morgan fingerprint density at radius 1 is 0.873 bits per heavy atom. The van der Waals surface area contributed by atoms with E-state index in [1.807, 2.05) is 0 Å². The number of esters is 2.